The maximum absolute atomic E-state index is 13.2. The van der Waals surface area contributed by atoms with Crippen molar-refractivity contribution in [3.63, 3.8) is 0 Å². The second-order valence-corrected chi connectivity index (χ2v) is 9.81. The van der Waals surface area contributed by atoms with Crippen LogP contribution in [0.5, 0.6) is 5.75 Å². The number of ether oxygens (including phenoxy) is 1. The van der Waals surface area contributed by atoms with Gasteiger partial charge in [0.1, 0.15) is 5.75 Å². The van der Waals surface area contributed by atoms with E-state index >= 15 is 0 Å². The van der Waals surface area contributed by atoms with Crippen LogP contribution in [-0.4, -0.2) is 43.9 Å². The third-order valence-corrected chi connectivity index (χ3v) is 8.28. The number of hydrogen-bond donors (Lipinski definition) is 0. The van der Waals surface area contributed by atoms with E-state index in [9.17, 15) is 18.0 Å². The minimum absolute atomic E-state index is 0.140. The van der Waals surface area contributed by atoms with Gasteiger partial charge in [-0.25, -0.2) is 8.42 Å². The number of methoxy groups -OCH3 is 1. The van der Waals surface area contributed by atoms with Crippen molar-refractivity contribution in [1.82, 2.24) is 4.31 Å². The first-order valence-corrected chi connectivity index (χ1v) is 11.6. The largest absolute Gasteiger partial charge is 0.497 e. The summed E-state index contributed by atoms with van der Waals surface area (Å²) in [4.78, 5) is 25.0. The number of carbonyl (C=O) groups is 2. The van der Waals surface area contributed by atoms with Crippen molar-refractivity contribution in [2.45, 2.75) is 23.1 Å². The van der Waals surface area contributed by atoms with Crippen molar-refractivity contribution < 1.29 is 22.7 Å². The topological polar surface area (TPSA) is 84.0 Å². The van der Waals surface area contributed by atoms with Crippen molar-refractivity contribution >= 4 is 39.3 Å². The molecule has 2 heterocycles. The molecule has 0 radical (unpaired) electrons. The van der Waals surface area contributed by atoms with Gasteiger partial charge in [0.15, 0.2) is 0 Å². The van der Waals surface area contributed by atoms with Crippen LogP contribution in [0.2, 0.25) is 0 Å². The Morgan fingerprint density at radius 2 is 1.59 bits per heavy atom. The SMILES string of the molecule is COc1ccc(C2SCCN2S(=O)(=O)c2ccc(N3C(=O)CCC3=O)cc2)cc1. The van der Waals surface area contributed by atoms with Crippen LogP contribution >= 0.6 is 11.8 Å². The molecule has 1 atom stereocenters. The average Bonchev–Trinajstić information content (AvgIpc) is 3.35. The van der Waals surface area contributed by atoms with Gasteiger partial charge in [0.25, 0.3) is 0 Å². The van der Waals surface area contributed by atoms with Gasteiger partial charge in [-0.05, 0) is 42.0 Å². The van der Waals surface area contributed by atoms with Crippen LogP contribution in [0.3, 0.4) is 0 Å². The number of amides is 2. The summed E-state index contributed by atoms with van der Waals surface area (Å²) in [6.45, 7) is 0.411. The van der Waals surface area contributed by atoms with E-state index in [4.69, 9.17) is 4.74 Å². The average molecular weight is 433 g/mol. The van der Waals surface area contributed by atoms with Gasteiger partial charge in [-0.15, -0.1) is 11.8 Å². The zero-order valence-electron chi connectivity index (χ0n) is 15.8. The first-order valence-electron chi connectivity index (χ1n) is 9.15. The lowest BCUT2D eigenvalue weighted by Gasteiger charge is -2.24. The normalized spacial score (nSPS) is 20.4. The lowest BCUT2D eigenvalue weighted by atomic mass is 10.2. The van der Waals surface area contributed by atoms with Crippen LogP contribution in [0.4, 0.5) is 5.69 Å². The summed E-state index contributed by atoms with van der Waals surface area (Å²) in [6.07, 6.45) is 0.376. The summed E-state index contributed by atoms with van der Waals surface area (Å²) < 4.78 is 33.1. The minimum Gasteiger partial charge on any atom is -0.497 e. The summed E-state index contributed by atoms with van der Waals surface area (Å²) in [5.41, 5.74) is 1.29. The summed E-state index contributed by atoms with van der Waals surface area (Å²) >= 11 is 1.57. The van der Waals surface area contributed by atoms with Gasteiger partial charge in [-0.2, -0.15) is 4.31 Å². The number of carbonyl (C=O) groups excluding carboxylic acids is 2. The number of nitrogens with zero attached hydrogens (tertiary/aromatic N) is 2. The maximum atomic E-state index is 13.2. The molecule has 0 aromatic heterocycles. The van der Waals surface area contributed by atoms with Gasteiger partial charge >= 0.3 is 0 Å². The molecule has 2 aliphatic rings. The Bertz CT molecular complexity index is 1020. The van der Waals surface area contributed by atoms with E-state index in [2.05, 4.69) is 0 Å². The monoisotopic (exact) mass is 432 g/mol. The van der Waals surface area contributed by atoms with E-state index in [0.717, 1.165) is 10.5 Å². The van der Waals surface area contributed by atoms with Crippen molar-refractivity contribution in [2.75, 3.05) is 24.3 Å². The molecule has 7 nitrogen and oxygen atoms in total. The number of hydrogen-bond acceptors (Lipinski definition) is 6. The standard InChI is InChI=1S/C20H20N2O5S2/c1-27-16-6-2-14(3-7-16)20-21(12-13-28-20)29(25,26)17-8-4-15(5-9-17)22-18(23)10-11-19(22)24/h2-9,20H,10-13H2,1H3. The zero-order valence-corrected chi connectivity index (χ0v) is 17.4. The highest BCUT2D eigenvalue weighted by Gasteiger charge is 2.37. The first kappa shape index (κ1) is 19.9. The summed E-state index contributed by atoms with van der Waals surface area (Å²) in [6, 6.07) is 13.3. The predicted molar refractivity (Wildman–Crippen MR) is 110 cm³/mol. The van der Waals surface area contributed by atoms with E-state index in [1.54, 1.807) is 18.9 Å². The third-order valence-electron chi connectivity index (χ3n) is 5.00. The van der Waals surface area contributed by atoms with E-state index in [1.165, 1.54) is 28.6 Å². The molecule has 2 amide bonds. The number of rotatable bonds is 5. The van der Waals surface area contributed by atoms with Crippen LogP contribution in [0, 0.1) is 0 Å². The molecule has 0 aliphatic carbocycles. The van der Waals surface area contributed by atoms with Gasteiger partial charge < -0.3 is 4.74 Å². The summed E-state index contributed by atoms with van der Waals surface area (Å²) in [5.74, 6) is 0.889. The molecule has 2 aromatic carbocycles. The first-order chi connectivity index (χ1) is 13.9. The molecule has 0 spiro atoms. The van der Waals surface area contributed by atoms with Crippen LogP contribution in [0.15, 0.2) is 53.4 Å². The highest BCUT2D eigenvalue weighted by atomic mass is 32.2. The molecule has 29 heavy (non-hydrogen) atoms. The summed E-state index contributed by atoms with van der Waals surface area (Å²) in [5, 5.41) is -0.313. The smallest absolute Gasteiger partial charge is 0.244 e. The number of anilines is 1. The molecule has 0 saturated carbocycles. The van der Waals surface area contributed by atoms with Crippen molar-refractivity contribution in [2.24, 2.45) is 0 Å². The van der Waals surface area contributed by atoms with Crippen molar-refractivity contribution in [3.05, 3.63) is 54.1 Å². The second kappa shape index (κ2) is 7.81. The number of imide groups is 1. The van der Waals surface area contributed by atoms with Crippen molar-refractivity contribution in [1.29, 1.82) is 0 Å². The van der Waals surface area contributed by atoms with E-state index in [1.807, 2.05) is 24.3 Å². The molecule has 9 heteroatoms. The molecule has 2 saturated heterocycles. The van der Waals surface area contributed by atoms with Crippen LogP contribution < -0.4 is 9.64 Å². The highest BCUT2D eigenvalue weighted by molar-refractivity contribution is 8.01. The molecule has 0 N–H and O–H groups in total. The van der Waals surface area contributed by atoms with E-state index in [0.29, 0.717) is 23.7 Å². The number of benzene rings is 2. The van der Waals surface area contributed by atoms with Crippen LogP contribution in [0.25, 0.3) is 0 Å². The Kier molecular flexibility index (Phi) is 5.37. The van der Waals surface area contributed by atoms with Gasteiger partial charge in [0.05, 0.1) is 23.1 Å². The Balaban J connectivity index is 1.60. The predicted octanol–water partition coefficient (Wildman–Crippen LogP) is 2.78. The molecular formula is C20H20N2O5S2. The van der Waals surface area contributed by atoms with E-state index in [-0.39, 0.29) is 34.9 Å². The summed E-state index contributed by atoms with van der Waals surface area (Å²) in [7, 11) is -2.14. The van der Waals surface area contributed by atoms with Crippen LogP contribution in [0.1, 0.15) is 23.8 Å². The lowest BCUT2D eigenvalue weighted by molar-refractivity contribution is -0.121. The Morgan fingerprint density at radius 1 is 0.966 bits per heavy atom. The Hall–Kier alpha value is -2.36. The Morgan fingerprint density at radius 3 is 2.17 bits per heavy atom. The zero-order chi connectivity index (χ0) is 20.6. The van der Waals surface area contributed by atoms with Crippen molar-refractivity contribution in [3.8, 4) is 5.75 Å². The fraction of sp³-hybridized carbons (Fsp3) is 0.300. The molecule has 2 fully saturated rings. The molecular weight excluding hydrogens is 412 g/mol. The highest BCUT2D eigenvalue weighted by Crippen LogP contribution is 2.42. The number of sulfonamides is 1. The molecule has 152 valence electrons. The minimum atomic E-state index is -3.73. The third kappa shape index (κ3) is 3.65. The maximum Gasteiger partial charge on any atom is 0.244 e. The fourth-order valence-electron chi connectivity index (χ4n) is 3.50. The van der Waals surface area contributed by atoms with E-state index < -0.39 is 10.0 Å². The molecule has 4 rings (SSSR count). The molecule has 2 aliphatic heterocycles. The molecule has 1 unspecified atom stereocenters. The van der Waals surface area contributed by atoms with Gasteiger partial charge in [0.2, 0.25) is 21.8 Å². The molecule has 0 bridgehead atoms. The Labute approximate surface area is 173 Å². The lowest BCUT2D eigenvalue weighted by Crippen LogP contribution is -2.31. The van der Waals surface area contributed by atoms with Gasteiger partial charge in [-0.1, -0.05) is 12.1 Å². The molecule has 2 aromatic rings. The van der Waals surface area contributed by atoms with Gasteiger partial charge in [0, 0.05) is 25.1 Å². The second-order valence-electron chi connectivity index (χ2n) is 6.73. The number of thioether (sulfide) groups is 1. The van der Waals surface area contributed by atoms with Crippen LogP contribution in [-0.2, 0) is 19.6 Å². The fourth-order valence-corrected chi connectivity index (χ4v) is 6.74. The quantitative estimate of drug-likeness (QED) is 0.676. The van der Waals surface area contributed by atoms with Gasteiger partial charge in [-0.3, -0.25) is 14.5 Å².